The molecule has 0 aliphatic heterocycles. The molecule has 0 saturated carbocycles. The molecule has 0 heterocycles. The molecule has 3 N–H and O–H groups in total. The normalized spacial score (nSPS) is 13.9. The zero-order valence-corrected chi connectivity index (χ0v) is 35.8. The van der Waals surface area contributed by atoms with Crippen LogP contribution in [0.1, 0.15) is 181 Å². The highest BCUT2D eigenvalue weighted by atomic mass is 31.2. The minimum atomic E-state index is -4.39. The maximum atomic E-state index is 12.6. The Bertz CT molecular complexity index is 1090. The summed E-state index contributed by atoms with van der Waals surface area (Å²) in [5.41, 5.74) is 5.34. The summed E-state index contributed by atoms with van der Waals surface area (Å²) in [4.78, 5) is 34.8. The van der Waals surface area contributed by atoms with Gasteiger partial charge >= 0.3 is 19.8 Å². The molecule has 0 aromatic rings. The summed E-state index contributed by atoms with van der Waals surface area (Å²) in [5.74, 6) is -0.902. The van der Waals surface area contributed by atoms with Crippen LogP contribution in [0.2, 0.25) is 0 Å². The first-order chi connectivity index (χ1) is 26.8. The highest BCUT2D eigenvalue weighted by molar-refractivity contribution is 7.47. The van der Waals surface area contributed by atoms with Gasteiger partial charge in [0.15, 0.2) is 6.10 Å². The van der Waals surface area contributed by atoms with Gasteiger partial charge in [0, 0.05) is 19.4 Å². The number of unbranched alkanes of at least 4 members (excludes halogenated alkanes) is 17. The van der Waals surface area contributed by atoms with E-state index in [9.17, 15) is 19.0 Å². The molecular formula is C45H80NO8P. The van der Waals surface area contributed by atoms with E-state index in [1.807, 2.05) is 6.08 Å². The summed E-state index contributed by atoms with van der Waals surface area (Å²) in [6.45, 7) is 3.63. The molecule has 1 unspecified atom stereocenters. The van der Waals surface area contributed by atoms with Crippen LogP contribution in [0, 0.1) is 0 Å². The summed E-state index contributed by atoms with van der Waals surface area (Å²) in [6, 6.07) is 0. The molecule has 0 aromatic carbocycles. The summed E-state index contributed by atoms with van der Waals surface area (Å²) in [7, 11) is -4.39. The van der Waals surface area contributed by atoms with Crippen LogP contribution >= 0.6 is 7.82 Å². The molecule has 0 radical (unpaired) electrons. The molecule has 0 amide bonds. The van der Waals surface area contributed by atoms with E-state index in [-0.39, 0.29) is 32.6 Å². The number of hydrogen-bond donors (Lipinski definition) is 2. The molecule has 0 rings (SSSR count). The Morgan fingerprint density at radius 3 is 1.51 bits per heavy atom. The van der Waals surface area contributed by atoms with Gasteiger partial charge in [-0.25, -0.2) is 4.57 Å². The number of phosphoric ester groups is 1. The van der Waals surface area contributed by atoms with Gasteiger partial charge in [-0.05, 0) is 77.0 Å². The molecular weight excluding hydrogens is 713 g/mol. The largest absolute Gasteiger partial charge is 0.472 e. The quantitative estimate of drug-likeness (QED) is 0.0269. The Morgan fingerprint density at radius 1 is 0.545 bits per heavy atom. The van der Waals surface area contributed by atoms with Crippen molar-refractivity contribution < 1.29 is 37.6 Å². The van der Waals surface area contributed by atoms with E-state index in [2.05, 4.69) is 68.5 Å². The molecule has 55 heavy (non-hydrogen) atoms. The third kappa shape index (κ3) is 41.2. The summed E-state index contributed by atoms with van der Waals surface area (Å²) in [5, 5.41) is 0. The first-order valence-electron chi connectivity index (χ1n) is 21.8. The van der Waals surface area contributed by atoms with Crippen molar-refractivity contribution in [3.63, 3.8) is 0 Å². The van der Waals surface area contributed by atoms with Crippen LogP contribution in [-0.4, -0.2) is 49.3 Å². The fourth-order valence-corrected chi connectivity index (χ4v) is 6.39. The number of allylic oxidation sites excluding steroid dienone is 10. The van der Waals surface area contributed by atoms with E-state index in [0.717, 1.165) is 51.4 Å². The fourth-order valence-electron chi connectivity index (χ4n) is 5.62. The number of nitrogens with two attached hydrogens (primary N) is 1. The maximum absolute atomic E-state index is 12.6. The van der Waals surface area contributed by atoms with Crippen LogP contribution in [0.3, 0.4) is 0 Å². The summed E-state index contributed by atoms with van der Waals surface area (Å²) >= 11 is 0. The third-order valence-corrected chi connectivity index (χ3v) is 9.86. The number of rotatable bonds is 40. The molecule has 0 aromatic heterocycles. The topological polar surface area (TPSA) is 134 Å². The molecule has 0 bridgehead atoms. The van der Waals surface area contributed by atoms with Crippen LogP contribution in [0.25, 0.3) is 0 Å². The van der Waals surface area contributed by atoms with E-state index in [4.69, 9.17) is 24.3 Å². The molecule has 0 fully saturated rings. The van der Waals surface area contributed by atoms with E-state index < -0.39 is 32.5 Å². The number of carbonyl (C=O) groups excluding carboxylic acids is 2. The Hall–Kier alpha value is -2.29. The van der Waals surface area contributed by atoms with Gasteiger partial charge in [0.2, 0.25) is 0 Å². The molecule has 0 saturated heterocycles. The maximum Gasteiger partial charge on any atom is 0.472 e. The first kappa shape index (κ1) is 52.7. The minimum Gasteiger partial charge on any atom is -0.462 e. The smallest absolute Gasteiger partial charge is 0.462 e. The highest BCUT2D eigenvalue weighted by Crippen LogP contribution is 2.43. The second-order valence-corrected chi connectivity index (χ2v) is 15.7. The Balaban J connectivity index is 4.26. The average Bonchev–Trinajstić information content (AvgIpc) is 3.17. The van der Waals surface area contributed by atoms with Gasteiger partial charge in [-0.15, -0.1) is 0 Å². The second-order valence-electron chi connectivity index (χ2n) is 14.2. The van der Waals surface area contributed by atoms with Crippen molar-refractivity contribution in [2.45, 2.75) is 187 Å². The highest BCUT2D eigenvalue weighted by Gasteiger charge is 2.25. The Labute approximate surface area is 336 Å². The molecule has 2 atom stereocenters. The van der Waals surface area contributed by atoms with Crippen molar-refractivity contribution in [2.75, 3.05) is 26.4 Å². The van der Waals surface area contributed by atoms with Crippen molar-refractivity contribution in [3.8, 4) is 0 Å². The lowest BCUT2D eigenvalue weighted by Crippen LogP contribution is -2.29. The van der Waals surface area contributed by atoms with Crippen LogP contribution in [-0.2, 0) is 32.7 Å². The van der Waals surface area contributed by atoms with Gasteiger partial charge < -0.3 is 20.1 Å². The zero-order chi connectivity index (χ0) is 40.3. The molecule has 10 heteroatoms. The number of esters is 2. The van der Waals surface area contributed by atoms with Gasteiger partial charge in [-0.2, -0.15) is 0 Å². The van der Waals surface area contributed by atoms with Crippen molar-refractivity contribution in [3.05, 3.63) is 60.8 Å². The first-order valence-corrected chi connectivity index (χ1v) is 23.3. The Kier molecular flexibility index (Phi) is 39.6. The van der Waals surface area contributed by atoms with E-state index in [0.29, 0.717) is 12.8 Å². The van der Waals surface area contributed by atoms with Crippen LogP contribution in [0.15, 0.2) is 60.8 Å². The predicted molar refractivity (Wildman–Crippen MR) is 229 cm³/mol. The average molecular weight is 794 g/mol. The van der Waals surface area contributed by atoms with E-state index in [1.165, 1.54) is 89.9 Å². The number of phosphoric acid groups is 1. The predicted octanol–water partition coefficient (Wildman–Crippen LogP) is 12.5. The fraction of sp³-hybridized carbons (Fsp3) is 0.733. The monoisotopic (exact) mass is 794 g/mol. The van der Waals surface area contributed by atoms with Crippen molar-refractivity contribution >= 4 is 19.8 Å². The molecule has 0 spiro atoms. The van der Waals surface area contributed by atoms with Gasteiger partial charge in [0.05, 0.1) is 13.2 Å². The van der Waals surface area contributed by atoms with Gasteiger partial charge in [-0.1, -0.05) is 152 Å². The van der Waals surface area contributed by atoms with Gasteiger partial charge in [0.1, 0.15) is 6.61 Å². The molecule has 0 aliphatic rings. The van der Waals surface area contributed by atoms with Crippen LogP contribution in [0.4, 0.5) is 0 Å². The number of hydrogen-bond acceptors (Lipinski definition) is 8. The van der Waals surface area contributed by atoms with Crippen molar-refractivity contribution in [1.82, 2.24) is 0 Å². The lowest BCUT2D eigenvalue weighted by molar-refractivity contribution is -0.161. The second kappa shape index (κ2) is 41.3. The molecule has 318 valence electrons. The number of carbonyl (C=O) groups is 2. The van der Waals surface area contributed by atoms with Crippen molar-refractivity contribution in [2.24, 2.45) is 5.73 Å². The van der Waals surface area contributed by atoms with Gasteiger partial charge in [0.25, 0.3) is 0 Å². The SMILES string of the molecule is CCCCCC=CCC=CCC=CCC=CCCCC(=O)OC[C@H](COP(=O)(O)OCCN)OC(=O)CCCCCCCCCC=CCCCCCCCC. The molecule has 9 nitrogen and oxygen atoms in total. The summed E-state index contributed by atoms with van der Waals surface area (Å²) in [6.07, 6.45) is 48.2. The lowest BCUT2D eigenvalue weighted by Gasteiger charge is -2.19. The van der Waals surface area contributed by atoms with Gasteiger partial charge in [-0.3, -0.25) is 18.6 Å². The van der Waals surface area contributed by atoms with E-state index >= 15 is 0 Å². The van der Waals surface area contributed by atoms with Crippen molar-refractivity contribution in [1.29, 1.82) is 0 Å². The lowest BCUT2D eigenvalue weighted by atomic mass is 10.1. The van der Waals surface area contributed by atoms with E-state index in [1.54, 1.807) is 0 Å². The van der Waals surface area contributed by atoms with Crippen LogP contribution < -0.4 is 5.73 Å². The van der Waals surface area contributed by atoms with Crippen LogP contribution in [0.5, 0.6) is 0 Å². The minimum absolute atomic E-state index is 0.0434. The standard InChI is InChI=1S/C45H80NO8P/c1-3-5-7-9-11-13-15-17-19-21-23-25-27-29-31-33-35-37-44(47)51-41-43(42-53-55(49,50)52-40-39-46)54-45(48)38-36-34-32-30-28-26-24-22-20-18-16-14-12-10-8-6-4-2/h11,13,17-20,23,25,29,31,43H,3-10,12,14-16,21-22,24,26-28,30,32-42,46H2,1-2H3,(H,49,50)/t43-/m1/s1. The molecule has 0 aliphatic carbocycles. The zero-order valence-electron chi connectivity index (χ0n) is 34.9. The Morgan fingerprint density at radius 2 is 0.964 bits per heavy atom. The summed E-state index contributed by atoms with van der Waals surface area (Å²) < 4.78 is 32.7. The number of ether oxygens (including phenoxy) is 2. The third-order valence-electron chi connectivity index (χ3n) is 8.88.